The number of hydrogen-bond acceptors (Lipinski definition) is 3. The third-order valence-corrected chi connectivity index (χ3v) is 1.95. The van der Waals surface area contributed by atoms with Crippen LogP contribution in [0.25, 0.3) is 0 Å². The molecule has 0 aliphatic rings. The molecular weight excluding hydrogens is 202 g/mol. The molecule has 0 aromatic rings. The van der Waals surface area contributed by atoms with E-state index in [0.29, 0.717) is 0 Å². The summed E-state index contributed by atoms with van der Waals surface area (Å²) in [5, 5.41) is 2.36. The third kappa shape index (κ3) is 4.18. The van der Waals surface area contributed by atoms with E-state index in [1.54, 1.807) is 0 Å². The molecule has 0 saturated carbocycles. The summed E-state index contributed by atoms with van der Waals surface area (Å²) in [4.78, 5) is 22.0. The Bertz CT molecular complexity index is 253. The van der Waals surface area contributed by atoms with E-state index in [1.807, 2.05) is 13.8 Å². The Morgan fingerprint density at radius 3 is 2.14 bits per heavy atom. The second-order valence-electron chi connectivity index (χ2n) is 3.31. The van der Waals surface area contributed by atoms with Crippen molar-refractivity contribution >= 4 is 29.0 Å². The lowest BCUT2D eigenvalue weighted by Gasteiger charge is -2.18. The van der Waals surface area contributed by atoms with Crippen LogP contribution in [-0.4, -0.2) is 23.3 Å². The molecule has 0 bridgehead atoms. The first-order chi connectivity index (χ1) is 6.36. The van der Waals surface area contributed by atoms with Gasteiger partial charge in [0, 0.05) is 0 Å². The van der Waals surface area contributed by atoms with Gasteiger partial charge in [0.25, 0.3) is 0 Å². The Morgan fingerprint density at radius 2 is 1.86 bits per heavy atom. The molecule has 0 fully saturated rings. The monoisotopic (exact) mass is 217 g/mol. The SMILES string of the molecule is CC(C)C(C(=O)NCC(N)=O)C(N)=S. The van der Waals surface area contributed by atoms with Gasteiger partial charge in [0.15, 0.2) is 0 Å². The molecule has 0 saturated heterocycles. The summed E-state index contributed by atoms with van der Waals surface area (Å²) in [5.41, 5.74) is 10.3. The predicted molar refractivity (Wildman–Crippen MR) is 57.3 cm³/mol. The van der Waals surface area contributed by atoms with Crippen molar-refractivity contribution in [1.82, 2.24) is 5.32 Å². The minimum Gasteiger partial charge on any atom is -0.393 e. The summed E-state index contributed by atoms with van der Waals surface area (Å²) in [6.45, 7) is 3.46. The van der Waals surface area contributed by atoms with Crippen LogP contribution in [0.15, 0.2) is 0 Å². The van der Waals surface area contributed by atoms with Gasteiger partial charge < -0.3 is 16.8 Å². The fourth-order valence-corrected chi connectivity index (χ4v) is 1.42. The van der Waals surface area contributed by atoms with Gasteiger partial charge in [-0.1, -0.05) is 26.1 Å². The zero-order valence-corrected chi connectivity index (χ0v) is 9.06. The normalized spacial score (nSPS) is 12.2. The predicted octanol–water partition coefficient (Wildman–Crippen LogP) is -0.854. The van der Waals surface area contributed by atoms with Gasteiger partial charge in [0.2, 0.25) is 11.8 Å². The minimum atomic E-state index is -0.594. The first kappa shape index (κ1) is 12.8. The maximum absolute atomic E-state index is 11.4. The largest absolute Gasteiger partial charge is 0.393 e. The van der Waals surface area contributed by atoms with Gasteiger partial charge in [-0.15, -0.1) is 0 Å². The highest BCUT2D eigenvalue weighted by atomic mass is 32.1. The van der Waals surface area contributed by atoms with Crippen molar-refractivity contribution in [2.45, 2.75) is 13.8 Å². The van der Waals surface area contributed by atoms with Crippen LogP contribution in [0.5, 0.6) is 0 Å². The van der Waals surface area contributed by atoms with Gasteiger partial charge in [-0.05, 0) is 5.92 Å². The number of carbonyl (C=O) groups excluding carboxylic acids is 2. The highest BCUT2D eigenvalue weighted by Gasteiger charge is 2.24. The van der Waals surface area contributed by atoms with Gasteiger partial charge in [0.1, 0.15) is 0 Å². The van der Waals surface area contributed by atoms with Crippen molar-refractivity contribution in [2.24, 2.45) is 23.3 Å². The van der Waals surface area contributed by atoms with E-state index in [0.717, 1.165) is 0 Å². The number of nitrogens with one attached hydrogen (secondary N) is 1. The molecule has 0 aromatic carbocycles. The average Bonchev–Trinajstić information content (AvgIpc) is 1.99. The van der Waals surface area contributed by atoms with Crippen molar-refractivity contribution < 1.29 is 9.59 Å². The highest BCUT2D eigenvalue weighted by molar-refractivity contribution is 7.80. The average molecular weight is 217 g/mol. The van der Waals surface area contributed by atoms with Gasteiger partial charge in [0.05, 0.1) is 17.5 Å². The number of thiocarbonyl (C=S) groups is 1. The van der Waals surface area contributed by atoms with Crippen molar-refractivity contribution in [1.29, 1.82) is 0 Å². The lowest BCUT2D eigenvalue weighted by molar-refractivity contribution is -0.126. The molecule has 0 aliphatic carbocycles. The van der Waals surface area contributed by atoms with Crippen molar-refractivity contribution in [3.8, 4) is 0 Å². The summed E-state index contributed by atoms with van der Waals surface area (Å²) >= 11 is 4.75. The summed E-state index contributed by atoms with van der Waals surface area (Å²) in [7, 11) is 0. The molecule has 1 unspecified atom stereocenters. The quantitative estimate of drug-likeness (QED) is 0.522. The summed E-state index contributed by atoms with van der Waals surface area (Å²) in [5.74, 6) is -1.50. The van der Waals surface area contributed by atoms with Gasteiger partial charge in [-0.2, -0.15) is 0 Å². The Labute approximate surface area is 88.2 Å². The highest BCUT2D eigenvalue weighted by Crippen LogP contribution is 2.10. The minimum absolute atomic E-state index is 0.000349. The maximum atomic E-state index is 11.4. The van der Waals surface area contributed by atoms with Crippen LogP contribution in [-0.2, 0) is 9.59 Å². The molecule has 0 rings (SSSR count). The lowest BCUT2D eigenvalue weighted by atomic mass is 9.95. The van der Waals surface area contributed by atoms with Crippen LogP contribution in [0, 0.1) is 11.8 Å². The van der Waals surface area contributed by atoms with Crippen molar-refractivity contribution in [3.05, 3.63) is 0 Å². The van der Waals surface area contributed by atoms with Crippen LogP contribution < -0.4 is 16.8 Å². The van der Waals surface area contributed by atoms with E-state index in [4.69, 9.17) is 23.7 Å². The van der Waals surface area contributed by atoms with E-state index in [-0.39, 0.29) is 23.4 Å². The number of carbonyl (C=O) groups is 2. The number of amides is 2. The Hall–Kier alpha value is -1.17. The van der Waals surface area contributed by atoms with Crippen molar-refractivity contribution in [3.63, 3.8) is 0 Å². The second-order valence-corrected chi connectivity index (χ2v) is 3.78. The van der Waals surface area contributed by atoms with E-state index < -0.39 is 11.8 Å². The summed E-state index contributed by atoms with van der Waals surface area (Å²) in [6.07, 6.45) is 0. The van der Waals surface area contributed by atoms with Gasteiger partial charge in [-0.25, -0.2) is 0 Å². The smallest absolute Gasteiger partial charge is 0.236 e. The first-order valence-electron chi connectivity index (χ1n) is 4.21. The Kier molecular flexibility index (Phi) is 5.07. The second kappa shape index (κ2) is 5.54. The molecule has 5 nitrogen and oxygen atoms in total. The van der Waals surface area contributed by atoms with Gasteiger partial charge in [-0.3, -0.25) is 9.59 Å². The van der Waals surface area contributed by atoms with Crippen LogP contribution in [0.3, 0.4) is 0 Å². The summed E-state index contributed by atoms with van der Waals surface area (Å²) in [6, 6.07) is 0. The molecule has 14 heavy (non-hydrogen) atoms. The van der Waals surface area contributed by atoms with Crippen LogP contribution in [0.4, 0.5) is 0 Å². The molecule has 6 heteroatoms. The molecule has 0 heterocycles. The Morgan fingerprint density at radius 1 is 1.36 bits per heavy atom. The number of primary amides is 1. The van der Waals surface area contributed by atoms with Crippen LogP contribution in [0.1, 0.15) is 13.8 Å². The molecule has 0 aliphatic heterocycles. The van der Waals surface area contributed by atoms with E-state index in [1.165, 1.54) is 0 Å². The topological polar surface area (TPSA) is 98.2 Å². The number of rotatable bonds is 5. The molecule has 0 spiro atoms. The standard InChI is InChI=1S/C8H15N3O2S/c1-4(2)6(7(10)14)8(13)11-3-5(9)12/h4,6H,3H2,1-2H3,(H2,9,12)(H2,10,14)(H,11,13). The molecular formula is C8H15N3O2S. The third-order valence-electron chi connectivity index (χ3n) is 1.69. The van der Waals surface area contributed by atoms with Crippen LogP contribution >= 0.6 is 12.2 Å². The zero-order chi connectivity index (χ0) is 11.3. The van der Waals surface area contributed by atoms with Crippen LogP contribution in [0.2, 0.25) is 0 Å². The van der Waals surface area contributed by atoms with Gasteiger partial charge >= 0.3 is 0 Å². The fraction of sp³-hybridized carbons (Fsp3) is 0.625. The first-order valence-corrected chi connectivity index (χ1v) is 4.62. The number of hydrogen-bond donors (Lipinski definition) is 3. The lowest BCUT2D eigenvalue weighted by Crippen LogP contribution is -2.43. The molecule has 2 amide bonds. The Balaban J connectivity index is 4.31. The van der Waals surface area contributed by atoms with E-state index in [2.05, 4.69) is 5.32 Å². The molecule has 5 N–H and O–H groups in total. The zero-order valence-electron chi connectivity index (χ0n) is 8.24. The molecule has 1 atom stereocenters. The maximum Gasteiger partial charge on any atom is 0.236 e. The fourth-order valence-electron chi connectivity index (χ4n) is 1.04. The summed E-state index contributed by atoms with van der Waals surface area (Å²) < 4.78 is 0. The van der Waals surface area contributed by atoms with E-state index in [9.17, 15) is 9.59 Å². The van der Waals surface area contributed by atoms with E-state index >= 15 is 0 Å². The molecule has 80 valence electrons. The molecule has 0 aromatic heterocycles. The van der Waals surface area contributed by atoms with Crippen molar-refractivity contribution in [2.75, 3.05) is 6.54 Å². The molecule has 0 radical (unpaired) electrons. The number of nitrogens with two attached hydrogens (primary N) is 2.